The molecule has 3 aromatic rings. The molecule has 162 valence electrons. The van der Waals surface area contributed by atoms with E-state index < -0.39 is 15.9 Å². The number of carbonyl (C=O) groups excluding carboxylic acids is 1. The van der Waals surface area contributed by atoms with Crippen LogP contribution in [0.4, 0.5) is 5.69 Å². The molecule has 9 nitrogen and oxygen atoms in total. The summed E-state index contributed by atoms with van der Waals surface area (Å²) in [6, 6.07) is 12.9. The molecule has 2 aromatic carbocycles. The van der Waals surface area contributed by atoms with Gasteiger partial charge in [0.05, 0.1) is 17.1 Å². The van der Waals surface area contributed by atoms with Crippen LogP contribution in [0.25, 0.3) is 11.5 Å². The van der Waals surface area contributed by atoms with Gasteiger partial charge in [0, 0.05) is 29.9 Å². The molecule has 1 amide bonds. The van der Waals surface area contributed by atoms with Gasteiger partial charge in [-0.25, -0.2) is 8.42 Å². The smallest absolute Gasteiger partial charge is 0.255 e. The van der Waals surface area contributed by atoms with Crippen LogP contribution in [-0.2, 0) is 14.8 Å². The molecule has 2 heterocycles. The maximum atomic E-state index is 13.1. The number of benzene rings is 2. The molecule has 0 spiro atoms. The molecule has 1 N–H and O–H groups in total. The van der Waals surface area contributed by atoms with Crippen LogP contribution in [0, 0.1) is 0 Å². The fraction of sp³-hybridized carbons (Fsp3) is 0.286. The first-order chi connectivity index (χ1) is 14.8. The summed E-state index contributed by atoms with van der Waals surface area (Å²) in [4.78, 5) is 12.9. The molecule has 1 aliphatic heterocycles. The molecule has 0 radical (unpaired) electrons. The van der Waals surface area contributed by atoms with Crippen LogP contribution in [-0.4, -0.2) is 54.1 Å². The van der Waals surface area contributed by atoms with Crippen molar-refractivity contribution in [2.45, 2.75) is 31.0 Å². The highest BCUT2D eigenvalue weighted by Gasteiger charge is 2.32. The number of aromatic nitrogens is 2. The number of hydrogen-bond donors (Lipinski definition) is 1. The molecule has 1 fully saturated rings. The summed E-state index contributed by atoms with van der Waals surface area (Å²) in [5, 5.41) is 10.3. The van der Waals surface area contributed by atoms with Crippen LogP contribution in [0.15, 0.2) is 64.2 Å². The number of sulfonamides is 1. The Morgan fingerprint density at radius 1 is 1.10 bits per heavy atom. The van der Waals surface area contributed by atoms with E-state index in [2.05, 4.69) is 15.5 Å². The fourth-order valence-electron chi connectivity index (χ4n) is 3.51. The predicted molar refractivity (Wildman–Crippen MR) is 113 cm³/mol. The standard InChI is InChI=1S/C21H22N4O5S/c1-14-11-25(12-15(2)30-14)31(27,28)19-8-4-5-16(10-19)20(26)23-18-7-3-6-17(9-18)21-24-22-13-29-21/h3-10,13-15H,11-12H2,1-2H3,(H,23,26). The highest BCUT2D eigenvalue weighted by molar-refractivity contribution is 7.89. The maximum absolute atomic E-state index is 13.1. The van der Waals surface area contributed by atoms with Crippen molar-refractivity contribution >= 4 is 21.6 Å². The van der Waals surface area contributed by atoms with Crippen LogP contribution in [0.1, 0.15) is 24.2 Å². The number of hydrogen-bond acceptors (Lipinski definition) is 7. The van der Waals surface area contributed by atoms with Gasteiger partial charge in [-0.05, 0) is 50.2 Å². The van der Waals surface area contributed by atoms with Gasteiger partial charge in [0.15, 0.2) is 0 Å². The summed E-state index contributed by atoms with van der Waals surface area (Å²) in [5.74, 6) is -0.0957. The third kappa shape index (κ3) is 4.66. The monoisotopic (exact) mass is 442 g/mol. The van der Waals surface area contributed by atoms with Gasteiger partial charge in [-0.3, -0.25) is 4.79 Å². The molecule has 0 bridgehead atoms. The molecule has 1 aliphatic rings. The minimum Gasteiger partial charge on any atom is -0.423 e. The Hall–Kier alpha value is -3.08. The third-order valence-corrected chi connectivity index (χ3v) is 6.68. The van der Waals surface area contributed by atoms with E-state index in [1.807, 2.05) is 13.8 Å². The first-order valence-corrected chi connectivity index (χ1v) is 11.2. The van der Waals surface area contributed by atoms with Gasteiger partial charge in [-0.15, -0.1) is 10.2 Å². The molecule has 10 heteroatoms. The Labute approximate surface area is 180 Å². The predicted octanol–water partition coefficient (Wildman–Crippen LogP) is 2.79. The van der Waals surface area contributed by atoms with E-state index in [1.54, 1.807) is 36.4 Å². The van der Waals surface area contributed by atoms with Crippen LogP contribution in [0.3, 0.4) is 0 Å². The lowest BCUT2D eigenvalue weighted by Crippen LogP contribution is -2.48. The number of nitrogens with zero attached hydrogens (tertiary/aromatic N) is 3. The molecule has 2 unspecified atom stereocenters. The van der Waals surface area contributed by atoms with Gasteiger partial charge in [-0.2, -0.15) is 4.31 Å². The van der Waals surface area contributed by atoms with E-state index in [0.29, 0.717) is 17.1 Å². The Balaban J connectivity index is 1.54. The molecule has 0 saturated carbocycles. The van der Waals surface area contributed by atoms with Crippen LogP contribution in [0.5, 0.6) is 0 Å². The lowest BCUT2D eigenvalue weighted by molar-refractivity contribution is -0.0440. The quantitative estimate of drug-likeness (QED) is 0.646. The number of morpholine rings is 1. The highest BCUT2D eigenvalue weighted by atomic mass is 32.2. The Bertz CT molecular complexity index is 1170. The van der Waals surface area contributed by atoms with Crippen molar-refractivity contribution in [3.63, 3.8) is 0 Å². The average molecular weight is 442 g/mol. The summed E-state index contributed by atoms with van der Waals surface area (Å²) in [7, 11) is -3.75. The van der Waals surface area contributed by atoms with Gasteiger partial charge in [0.1, 0.15) is 0 Å². The Morgan fingerprint density at radius 2 is 1.84 bits per heavy atom. The zero-order chi connectivity index (χ0) is 22.0. The number of rotatable bonds is 5. The average Bonchev–Trinajstić information content (AvgIpc) is 3.28. The first kappa shape index (κ1) is 21.2. The summed E-state index contributed by atoms with van der Waals surface area (Å²) in [6.45, 7) is 4.21. The van der Waals surface area contributed by atoms with E-state index >= 15 is 0 Å². The first-order valence-electron chi connectivity index (χ1n) is 9.76. The molecule has 1 aromatic heterocycles. The number of ether oxygens (including phenoxy) is 1. The molecule has 1 saturated heterocycles. The van der Waals surface area contributed by atoms with Crippen molar-refractivity contribution in [1.29, 1.82) is 0 Å². The maximum Gasteiger partial charge on any atom is 0.255 e. The van der Waals surface area contributed by atoms with Crippen molar-refractivity contribution in [1.82, 2.24) is 14.5 Å². The lowest BCUT2D eigenvalue weighted by atomic mass is 10.1. The van der Waals surface area contributed by atoms with Crippen molar-refractivity contribution < 1.29 is 22.4 Å². The summed E-state index contributed by atoms with van der Waals surface area (Å²) < 4.78 is 38.4. The normalized spacial score (nSPS) is 19.8. The van der Waals surface area contributed by atoms with Crippen LogP contribution >= 0.6 is 0 Å². The SMILES string of the molecule is CC1CN(S(=O)(=O)c2cccc(C(=O)Nc3cccc(-c4nnco4)c3)c2)CC(C)O1. The van der Waals surface area contributed by atoms with Gasteiger partial charge >= 0.3 is 0 Å². The van der Waals surface area contributed by atoms with Crippen LogP contribution in [0.2, 0.25) is 0 Å². The molecule has 4 rings (SSSR count). The lowest BCUT2D eigenvalue weighted by Gasteiger charge is -2.34. The highest BCUT2D eigenvalue weighted by Crippen LogP contribution is 2.23. The van der Waals surface area contributed by atoms with E-state index in [4.69, 9.17) is 9.15 Å². The molecule has 2 atom stereocenters. The topological polar surface area (TPSA) is 115 Å². The minimum absolute atomic E-state index is 0.0704. The van der Waals surface area contributed by atoms with Gasteiger partial charge in [0.25, 0.3) is 5.91 Å². The number of carbonyl (C=O) groups is 1. The van der Waals surface area contributed by atoms with E-state index in [-0.39, 0.29) is 35.8 Å². The molecular weight excluding hydrogens is 420 g/mol. The minimum atomic E-state index is -3.75. The summed E-state index contributed by atoms with van der Waals surface area (Å²) >= 11 is 0. The van der Waals surface area contributed by atoms with E-state index in [0.717, 1.165) is 0 Å². The largest absolute Gasteiger partial charge is 0.423 e. The molecule has 31 heavy (non-hydrogen) atoms. The second kappa shape index (κ2) is 8.58. The summed E-state index contributed by atoms with van der Waals surface area (Å²) in [5.41, 5.74) is 1.41. The van der Waals surface area contributed by atoms with E-state index in [1.165, 1.54) is 22.8 Å². The zero-order valence-corrected chi connectivity index (χ0v) is 17.9. The Morgan fingerprint density at radius 3 is 2.55 bits per heavy atom. The number of amides is 1. The van der Waals surface area contributed by atoms with Gasteiger partial charge in [-0.1, -0.05) is 12.1 Å². The number of nitrogens with one attached hydrogen (secondary N) is 1. The van der Waals surface area contributed by atoms with Crippen molar-refractivity contribution in [3.05, 3.63) is 60.5 Å². The van der Waals surface area contributed by atoms with Crippen LogP contribution < -0.4 is 5.32 Å². The fourth-order valence-corrected chi connectivity index (χ4v) is 5.14. The van der Waals surface area contributed by atoms with Crippen molar-refractivity contribution in [3.8, 4) is 11.5 Å². The van der Waals surface area contributed by atoms with E-state index in [9.17, 15) is 13.2 Å². The summed E-state index contributed by atoms with van der Waals surface area (Å²) in [6.07, 6.45) is 0.829. The molecular formula is C21H22N4O5S. The number of anilines is 1. The molecule has 0 aliphatic carbocycles. The Kier molecular flexibility index (Phi) is 5.86. The van der Waals surface area contributed by atoms with Gasteiger partial charge < -0.3 is 14.5 Å². The van der Waals surface area contributed by atoms with Gasteiger partial charge in [0.2, 0.25) is 22.3 Å². The second-order valence-corrected chi connectivity index (χ2v) is 9.32. The second-order valence-electron chi connectivity index (χ2n) is 7.39. The van der Waals surface area contributed by atoms with Crippen molar-refractivity contribution in [2.75, 3.05) is 18.4 Å². The third-order valence-electron chi connectivity index (χ3n) is 4.85. The van der Waals surface area contributed by atoms with Crippen molar-refractivity contribution in [2.24, 2.45) is 0 Å². The zero-order valence-electron chi connectivity index (χ0n) is 17.1.